The molecule has 0 saturated carbocycles. The number of methoxy groups -OCH3 is 1. The van der Waals surface area contributed by atoms with E-state index in [1.54, 1.807) is 42.5 Å². The molecule has 0 radical (unpaired) electrons. The SMILES string of the molecule is COc1cc(CNC(=O)[C@@H]2CCCN2S(=O)(=O)c2cc3ccccc3o2)cc(-c2ccc(C(F)(F)F)nc2)c1. The van der Waals surface area contributed by atoms with Crippen molar-refractivity contribution in [2.45, 2.75) is 36.7 Å². The molecular formula is C27H24F3N3O5S. The fraction of sp³-hybridized carbons (Fsp3) is 0.259. The zero-order chi connectivity index (χ0) is 27.8. The van der Waals surface area contributed by atoms with Gasteiger partial charge in [0.2, 0.25) is 11.0 Å². The van der Waals surface area contributed by atoms with Crippen LogP contribution in [0.5, 0.6) is 5.75 Å². The van der Waals surface area contributed by atoms with Gasteiger partial charge in [-0.15, -0.1) is 0 Å². The van der Waals surface area contributed by atoms with E-state index in [0.717, 1.165) is 16.6 Å². The summed E-state index contributed by atoms with van der Waals surface area (Å²) in [7, 11) is -2.60. The molecule has 0 bridgehead atoms. The molecule has 3 heterocycles. The van der Waals surface area contributed by atoms with Gasteiger partial charge in [0.25, 0.3) is 10.0 Å². The summed E-state index contributed by atoms with van der Waals surface area (Å²) in [6.45, 7) is 0.230. The van der Waals surface area contributed by atoms with Crippen LogP contribution in [0.3, 0.4) is 0 Å². The molecule has 2 aromatic carbocycles. The normalized spacial score (nSPS) is 16.5. The van der Waals surface area contributed by atoms with Gasteiger partial charge in [0.15, 0.2) is 0 Å². The highest BCUT2D eigenvalue weighted by atomic mass is 32.2. The van der Waals surface area contributed by atoms with Crippen LogP contribution in [0.25, 0.3) is 22.1 Å². The Hall–Kier alpha value is -3.90. The Morgan fingerprint density at radius 2 is 1.92 bits per heavy atom. The zero-order valence-electron chi connectivity index (χ0n) is 20.7. The number of halogens is 3. The molecule has 5 rings (SSSR count). The first-order valence-corrected chi connectivity index (χ1v) is 13.5. The number of benzene rings is 2. The van der Waals surface area contributed by atoms with Gasteiger partial charge in [-0.2, -0.15) is 17.5 Å². The quantitative estimate of drug-likeness (QED) is 0.342. The number of carbonyl (C=O) groups is 1. The van der Waals surface area contributed by atoms with Crippen molar-refractivity contribution >= 4 is 26.9 Å². The van der Waals surface area contributed by atoms with Crippen LogP contribution < -0.4 is 10.1 Å². The minimum absolute atomic E-state index is 0.0477. The summed E-state index contributed by atoms with van der Waals surface area (Å²) in [6, 6.07) is 14.7. The van der Waals surface area contributed by atoms with E-state index in [4.69, 9.17) is 9.15 Å². The van der Waals surface area contributed by atoms with Gasteiger partial charge in [0, 0.05) is 36.3 Å². The summed E-state index contributed by atoms with van der Waals surface area (Å²) in [5.41, 5.74) is 1.04. The number of amides is 1. The van der Waals surface area contributed by atoms with E-state index in [2.05, 4.69) is 10.3 Å². The molecule has 1 N–H and O–H groups in total. The second-order valence-corrected chi connectivity index (χ2v) is 10.9. The van der Waals surface area contributed by atoms with Gasteiger partial charge >= 0.3 is 6.18 Å². The number of rotatable bonds is 7. The standard InChI is InChI=1S/C27H24F3N3O5S/c1-37-21-12-17(11-20(13-21)19-8-9-24(31-16-19)27(28,29)30)15-32-26(34)22-6-4-10-33(22)39(35,36)25-14-18-5-2-3-7-23(18)38-25/h2-3,5,7-9,11-14,16,22H,4,6,10,15H2,1H3,(H,32,34)/t22-/m0/s1. The molecule has 1 atom stereocenters. The minimum atomic E-state index is -4.55. The molecule has 4 aromatic rings. The smallest absolute Gasteiger partial charge is 0.433 e. The van der Waals surface area contributed by atoms with Crippen molar-refractivity contribution in [1.82, 2.24) is 14.6 Å². The van der Waals surface area contributed by atoms with Gasteiger partial charge in [0.1, 0.15) is 23.1 Å². The highest BCUT2D eigenvalue weighted by molar-refractivity contribution is 7.89. The highest BCUT2D eigenvalue weighted by Crippen LogP contribution is 2.32. The van der Waals surface area contributed by atoms with E-state index in [9.17, 15) is 26.4 Å². The molecule has 2 aromatic heterocycles. The van der Waals surface area contributed by atoms with Gasteiger partial charge in [0.05, 0.1) is 7.11 Å². The highest BCUT2D eigenvalue weighted by Gasteiger charge is 2.41. The van der Waals surface area contributed by atoms with Crippen LogP contribution in [0.4, 0.5) is 13.2 Å². The number of aromatic nitrogens is 1. The van der Waals surface area contributed by atoms with Crippen LogP contribution in [0.2, 0.25) is 0 Å². The number of hydrogen-bond donors (Lipinski definition) is 1. The Kier molecular flexibility index (Phi) is 7.08. The number of nitrogens with one attached hydrogen (secondary N) is 1. The lowest BCUT2D eigenvalue weighted by molar-refractivity contribution is -0.141. The second kappa shape index (κ2) is 10.3. The summed E-state index contributed by atoms with van der Waals surface area (Å²) in [5, 5.41) is 3.21. The Bertz CT molecular complexity index is 1580. The van der Waals surface area contributed by atoms with Gasteiger partial charge in [-0.25, -0.2) is 8.42 Å². The lowest BCUT2D eigenvalue weighted by Crippen LogP contribution is -2.45. The van der Waals surface area contributed by atoms with Crippen LogP contribution in [-0.2, 0) is 27.5 Å². The van der Waals surface area contributed by atoms with Crippen molar-refractivity contribution in [2.75, 3.05) is 13.7 Å². The average molecular weight is 560 g/mol. The first-order chi connectivity index (χ1) is 18.6. The first kappa shape index (κ1) is 26.7. The molecule has 204 valence electrons. The van der Waals surface area contributed by atoms with Crippen LogP contribution in [0, 0.1) is 0 Å². The summed E-state index contributed by atoms with van der Waals surface area (Å²) in [5.74, 6) is -0.0284. The number of sulfonamides is 1. The fourth-order valence-electron chi connectivity index (χ4n) is 4.58. The molecule has 1 amide bonds. The summed E-state index contributed by atoms with van der Waals surface area (Å²) < 4.78 is 77.4. The lowest BCUT2D eigenvalue weighted by atomic mass is 10.0. The molecule has 12 heteroatoms. The predicted molar refractivity (Wildman–Crippen MR) is 136 cm³/mol. The molecular weight excluding hydrogens is 535 g/mol. The molecule has 8 nitrogen and oxygen atoms in total. The molecule has 0 aliphatic carbocycles. The number of alkyl halides is 3. The minimum Gasteiger partial charge on any atom is -0.497 e. The number of pyridine rings is 1. The molecule has 1 aliphatic heterocycles. The van der Waals surface area contributed by atoms with Crippen molar-refractivity contribution in [3.05, 3.63) is 78.1 Å². The van der Waals surface area contributed by atoms with Crippen LogP contribution in [-0.4, -0.2) is 43.3 Å². The number of para-hydroxylation sites is 1. The summed E-state index contributed by atoms with van der Waals surface area (Å²) >= 11 is 0. The van der Waals surface area contributed by atoms with Crippen molar-refractivity contribution in [3.8, 4) is 16.9 Å². The maximum Gasteiger partial charge on any atom is 0.433 e. The third kappa shape index (κ3) is 5.48. The average Bonchev–Trinajstić information content (AvgIpc) is 3.60. The summed E-state index contributed by atoms with van der Waals surface area (Å²) in [4.78, 5) is 16.6. The fourth-order valence-corrected chi connectivity index (χ4v) is 6.18. The zero-order valence-corrected chi connectivity index (χ0v) is 21.6. The van der Waals surface area contributed by atoms with Crippen LogP contribution in [0.15, 0.2) is 76.4 Å². The Morgan fingerprint density at radius 1 is 1.13 bits per heavy atom. The largest absolute Gasteiger partial charge is 0.497 e. The van der Waals surface area contributed by atoms with E-state index < -0.39 is 33.8 Å². The van der Waals surface area contributed by atoms with Crippen molar-refractivity contribution < 1.29 is 35.5 Å². The van der Waals surface area contributed by atoms with Gasteiger partial charge < -0.3 is 14.5 Å². The van der Waals surface area contributed by atoms with Crippen molar-refractivity contribution in [1.29, 1.82) is 0 Å². The van der Waals surface area contributed by atoms with Crippen LogP contribution in [0.1, 0.15) is 24.1 Å². The van der Waals surface area contributed by atoms with Gasteiger partial charge in [-0.05, 0) is 54.3 Å². The molecule has 39 heavy (non-hydrogen) atoms. The predicted octanol–water partition coefficient (Wildman–Crippen LogP) is 4.99. The van der Waals surface area contributed by atoms with Gasteiger partial charge in [-0.1, -0.05) is 24.3 Å². The van der Waals surface area contributed by atoms with Gasteiger partial charge in [-0.3, -0.25) is 9.78 Å². The first-order valence-electron chi connectivity index (χ1n) is 12.1. The Balaban J connectivity index is 1.32. The molecule has 1 fully saturated rings. The third-order valence-corrected chi connectivity index (χ3v) is 8.29. The molecule has 1 saturated heterocycles. The lowest BCUT2D eigenvalue weighted by Gasteiger charge is -2.22. The van der Waals surface area contributed by atoms with E-state index in [0.29, 0.717) is 46.3 Å². The Labute approximate surface area is 222 Å². The Morgan fingerprint density at radius 3 is 2.62 bits per heavy atom. The number of furan rings is 1. The monoisotopic (exact) mass is 559 g/mol. The van der Waals surface area contributed by atoms with E-state index >= 15 is 0 Å². The number of nitrogens with zero attached hydrogens (tertiary/aromatic N) is 2. The topological polar surface area (TPSA) is 102 Å². The second-order valence-electron chi connectivity index (χ2n) is 9.09. The number of ether oxygens (including phenoxy) is 1. The number of fused-ring (bicyclic) bond motifs is 1. The molecule has 0 unspecified atom stereocenters. The maximum absolute atomic E-state index is 13.3. The van der Waals surface area contributed by atoms with E-state index in [1.165, 1.54) is 19.2 Å². The maximum atomic E-state index is 13.3. The van der Waals surface area contributed by atoms with Crippen LogP contribution >= 0.6 is 0 Å². The third-order valence-electron chi connectivity index (χ3n) is 6.53. The van der Waals surface area contributed by atoms with Crippen molar-refractivity contribution in [3.63, 3.8) is 0 Å². The van der Waals surface area contributed by atoms with Crippen molar-refractivity contribution in [2.24, 2.45) is 0 Å². The summed E-state index contributed by atoms with van der Waals surface area (Å²) in [6.07, 6.45) is -2.55. The molecule has 0 spiro atoms. The van der Waals surface area contributed by atoms with E-state index in [-0.39, 0.29) is 18.2 Å². The number of hydrogen-bond acceptors (Lipinski definition) is 6. The molecule has 1 aliphatic rings. The van der Waals surface area contributed by atoms with E-state index in [1.807, 2.05) is 0 Å². The number of carbonyl (C=O) groups excluding carboxylic acids is 1.